The minimum Gasteiger partial charge on any atom is -0.494 e. The van der Waals surface area contributed by atoms with Crippen molar-refractivity contribution in [3.05, 3.63) is 97.5 Å². The van der Waals surface area contributed by atoms with E-state index >= 15 is 4.79 Å². The first kappa shape index (κ1) is 35.3. The van der Waals surface area contributed by atoms with Crippen LogP contribution in [0.2, 0.25) is 10.0 Å². The molecule has 268 valence electrons. The Morgan fingerprint density at radius 3 is 2.37 bits per heavy atom. The van der Waals surface area contributed by atoms with Gasteiger partial charge in [0.1, 0.15) is 23.4 Å². The van der Waals surface area contributed by atoms with Crippen LogP contribution in [0, 0.1) is 27.7 Å². The number of anilines is 1. The molecule has 0 saturated carbocycles. The van der Waals surface area contributed by atoms with Gasteiger partial charge in [-0.2, -0.15) is 5.10 Å². The van der Waals surface area contributed by atoms with Crippen molar-refractivity contribution in [3.63, 3.8) is 0 Å². The first-order valence-corrected chi connectivity index (χ1v) is 17.9. The van der Waals surface area contributed by atoms with Crippen molar-refractivity contribution in [2.75, 3.05) is 18.1 Å². The molecule has 52 heavy (non-hydrogen) atoms. The van der Waals surface area contributed by atoms with E-state index in [1.807, 2.05) is 63.7 Å². The molecule has 1 N–H and O–H groups in total. The second-order valence-corrected chi connectivity index (χ2v) is 14.5. The predicted molar refractivity (Wildman–Crippen MR) is 205 cm³/mol. The summed E-state index contributed by atoms with van der Waals surface area (Å²) in [5.74, 6) is -0.620. The van der Waals surface area contributed by atoms with Crippen molar-refractivity contribution in [2.24, 2.45) is 14.1 Å². The lowest BCUT2D eigenvalue weighted by molar-refractivity contribution is 0.0686. The fourth-order valence-corrected chi connectivity index (χ4v) is 8.28. The molecule has 10 nitrogen and oxygen atoms in total. The molecule has 1 amide bonds. The number of halogens is 2. The molecule has 0 radical (unpaired) electrons. The minimum absolute atomic E-state index is 0.0548. The van der Waals surface area contributed by atoms with Gasteiger partial charge in [0.25, 0.3) is 5.91 Å². The molecule has 4 heterocycles. The number of fused-ring (bicyclic) bond motifs is 4. The molecule has 0 spiro atoms. The van der Waals surface area contributed by atoms with Crippen LogP contribution in [0.5, 0.6) is 5.75 Å². The molecule has 1 atom stereocenters. The Labute approximate surface area is 311 Å². The molecule has 3 aromatic heterocycles. The van der Waals surface area contributed by atoms with E-state index in [4.69, 9.17) is 33.0 Å². The summed E-state index contributed by atoms with van der Waals surface area (Å²) in [6.07, 6.45) is 1.86. The predicted octanol–water partition coefficient (Wildman–Crippen LogP) is 8.82. The zero-order valence-corrected chi connectivity index (χ0v) is 31.6. The highest BCUT2D eigenvalue weighted by Gasteiger charge is 2.38. The van der Waals surface area contributed by atoms with Crippen molar-refractivity contribution < 1.29 is 24.2 Å². The van der Waals surface area contributed by atoms with Gasteiger partial charge in [-0.3, -0.25) is 14.3 Å². The van der Waals surface area contributed by atoms with E-state index in [0.29, 0.717) is 58.6 Å². The molecule has 3 aromatic carbocycles. The molecule has 0 aliphatic carbocycles. The Hall–Kier alpha value is -5.06. The summed E-state index contributed by atoms with van der Waals surface area (Å²) in [6.45, 7) is 10.6. The van der Waals surface area contributed by atoms with Crippen LogP contribution in [0.25, 0.3) is 32.9 Å². The number of aromatic carboxylic acids is 1. The first-order chi connectivity index (χ1) is 24.7. The highest BCUT2D eigenvalue weighted by atomic mass is 35.5. The van der Waals surface area contributed by atoms with Gasteiger partial charge in [-0.25, -0.2) is 4.79 Å². The maximum atomic E-state index is 15.1. The summed E-state index contributed by atoms with van der Waals surface area (Å²) in [6, 6.07) is 12.3. The van der Waals surface area contributed by atoms with Gasteiger partial charge >= 0.3 is 5.97 Å². The van der Waals surface area contributed by atoms with Crippen LogP contribution in [-0.4, -0.2) is 55.3 Å². The Morgan fingerprint density at radius 2 is 1.73 bits per heavy atom. The van der Waals surface area contributed by atoms with Gasteiger partial charge in [-0.05, 0) is 101 Å². The number of carboxylic acid groups (broad SMARTS) is 1. The molecule has 0 saturated heterocycles. The van der Waals surface area contributed by atoms with Crippen LogP contribution in [0.3, 0.4) is 0 Å². The number of carbonyl (C=O) groups excluding carboxylic acids is 2. The number of aldehydes is 1. The molecule has 1 aliphatic rings. The number of benzene rings is 3. The third kappa shape index (κ3) is 5.56. The van der Waals surface area contributed by atoms with E-state index in [1.165, 1.54) is 6.07 Å². The number of amides is 1. The van der Waals surface area contributed by atoms with Crippen LogP contribution >= 0.6 is 23.2 Å². The molecule has 1 aliphatic heterocycles. The SMILES string of the molecule is Cc1cc(OCCCc2c3n(c4c(-c5c(C)nn(C)c5C)c(Cl)ccc24)C(C)CN(c2cc(C=O)cc4cc(C(=O)O)n(C)c24)C3=O)cc(C)c1Cl. The topological polar surface area (TPSA) is 112 Å². The van der Waals surface area contributed by atoms with Crippen LogP contribution in [-0.2, 0) is 20.5 Å². The Balaban J connectivity index is 1.41. The van der Waals surface area contributed by atoms with E-state index < -0.39 is 5.97 Å². The van der Waals surface area contributed by atoms with Gasteiger partial charge in [0.15, 0.2) is 0 Å². The monoisotopic (exact) mass is 739 g/mol. The lowest BCUT2D eigenvalue weighted by atomic mass is 9.98. The summed E-state index contributed by atoms with van der Waals surface area (Å²) >= 11 is 13.5. The Morgan fingerprint density at radius 1 is 1.02 bits per heavy atom. The van der Waals surface area contributed by atoms with E-state index in [0.717, 1.165) is 60.9 Å². The summed E-state index contributed by atoms with van der Waals surface area (Å²) in [5.41, 5.74) is 9.09. The van der Waals surface area contributed by atoms with E-state index in [-0.39, 0.29) is 24.2 Å². The van der Waals surface area contributed by atoms with E-state index in [2.05, 4.69) is 11.5 Å². The lowest BCUT2D eigenvalue weighted by Crippen LogP contribution is -2.43. The smallest absolute Gasteiger partial charge is 0.352 e. The van der Waals surface area contributed by atoms with E-state index in [9.17, 15) is 14.7 Å². The number of carboxylic acids is 1. The standard InChI is InChI=1S/C40H39Cl2N5O5/c1-20-13-27(14-21(2)35(20)42)52-12-8-9-28-29-10-11-30(41)34(33-23(4)43-45(7)24(33)5)37(29)47-22(3)18-46(39(49)38(28)47)31-16-25(19-48)15-26-17-32(40(50)51)44(6)36(26)31/h10-11,13-17,19,22H,8-9,12,18H2,1-7H3,(H,50,51). The molecule has 1 unspecified atom stereocenters. The number of rotatable bonds is 9. The van der Waals surface area contributed by atoms with Gasteiger partial charge in [0, 0.05) is 64.9 Å². The highest BCUT2D eigenvalue weighted by Crippen LogP contribution is 2.46. The number of aromatic nitrogens is 4. The maximum Gasteiger partial charge on any atom is 0.352 e. The highest BCUT2D eigenvalue weighted by molar-refractivity contribution is 6.35. The number of hydrogen-bond acceptors (Lipinski definition) is 5. The van der Waals surface area contributed by atoms with Crippen LogP contribution in [0.4, 0.5) is 5.69 Å². The fourth-order valence-electron chi connectivity index (χ4n) is 7.92. The minimum atomic E-state index is -1.10. The molecule has 6 aromatic rings. The number of ether oxygens (including phenoxy) is 1. The second-order valence-electron chi connectivity index (χ2n) is 13.8. The van der Waals surface area contributed by atoms with Crippen molar-refractivity contribution in [1.29, 1.82) is 0 Å². The van der Waals surface area contributed by atoms with E-state index in [1.54, 1.807) is 28.6 Å². The van der Waals surface area contributed by atoms with Crippen molar-refractivity contribution >= 4 is 68.9 Å². The zero-order valence-electron chi connectivity index (χ0n) is 30.1. The van der Waals surface area contributed by atoms with Gasteiger partial charge in [-0.15, -0.1) is 0 Å². The van der Waals surface area contributed by atoms with Gasteiger partial charge in [-0.1, -0.05) is 29.3 Å². The van der Waals surface area contributed by atoms with Gasteiger partial charge in [0.2, 0.25) is 0 Å². The van der Waals surface area contributed by atoms with Crippen molar-refractivity contribution in [1.82, 2.24) is 18.9 Å². The van der Waals surface area contributed by atoms with Crippen LogP contribution in [0.15, 0.2) is 42.5 Å². The normalized spacial score (nSPS) is 14.4. The first-order valence-electron chi connectivity index (χ1n) is 17.1. The molecule has 0 fully saturated rings. The van der Waals surface area contributed by atoms with Crippen LogP contribution in [0.1, 0.15) is 78.8 Å². The summed E-state index contributed by atoms with van der Waals surface area (Å²) in [4.78, 5) is 41.0. The van der Waals surface area contributed by atoms with Crippen molar-refractivity contribution in [2.45, 2.75) is 53.5 Å². The van der Waals surface area contributed by atoms with Gasteiger partial charge < -0.3 is 23.9 Å². The van der Waals surface area contributed by atoms with Gasteiger partial charge in [0.05, 0.1) is 34.0 Å². The number of nitrogens with zero attached hydrogens (tertiary/aromatic N) is 5. The largest absolute Gasteiger partial charge is 0.494 e. The molecular weight excluding hydrogens is 701 g/mol. The Bertz CT molecular complexity index is 2470. The quantitative estimate of drug-likeness (QED) is 0.117. The fraction of sp³-hybridized carbons (Fsp3) is 0.300. The molecule has 7 rings (SSSR count). The third-order valence-electron chi connectivity index (χ3n) is 10.3. The zero-order chi connectivity index (χ0) is 37.3. The Kier molecular flexibility index (Phi) is 8.95. The van der Waals surface area contributed by atoms with Crippen molar-refractivity contribution in [3.8, 4) is 16.9 Å². The number of aryl methyl sites for hydroxylation is 6. The summed E-state index contributed by atoms with van der Waals surface area (Å²) in [7, 11) is 3.56. The van der Waals surface area contributed by atoms with Crippen LogP contribution < -0.4 is 9.64 Å². The average molecular weight is 741 g/mol. The summed E-state index contributed by atoms with van der Waals surface area (Å²) < 4.78 is 11.7. The lowest BCUT2D eigenvalue weighted by Gasteiger charge is -2.35. The molecule has 0 bridgehead atoms. The molecular formula is C40H39Cl2N5O5. The number of carbonyl (C=O) groups is 3. The average Bonchev–Trinajstić information content (AvgIpc) is 3.71. The second kappa shape index (κ2) is 13.2. The maximum absolute atomic E-state index is 15.1. The number of hydrogen-bond donors (Lipinski definition) is 1. The third-order valence-corrected chi connectivity index (χ3v) is 11.3. The summed E-state index contributed by atoms with van der Waals surface area (Å²) in [5, 5.41) is 17.4. The molecule has 12 heteroatoms.